The Morgan fingerprint density at radius 3 is 2.58 bits per heavy atom. The Bertz CT molecular complexity index is 592. The highest BCUT2D eigenvalue weighted by molar-refractivity contribution is 8.24. The van der Waals surface area contributed by atoms with Crippen LogP contribution < -0.4 is 9.64 Å². The molecule has 0 unspecified atom stereocenters. The second-order valence-electron chi connectivity index (χ2n) is 5.34. The third-order valence-electron chi connectivity index (χ3n) is 3.59. The maximum atomic E-state index is 11.6. The number of hydrogen-bond acceptors (Lipinski definition) is 9. The Morgan fingerprint density at radius 1 is 1.38 bits per heavy atom. The van der Waals surface area contributed by atoms with Crippen LogP contribution in [0.15, 0.2) is 5.16 Å². The molecule has 2 N–H and O–H groups in total. The predicted octanol–water partition coefficient (Wildman–Crippen LogP) is 2.86. The molecule has 0 radical (unpaired) electrons. The standard InChI is InChI=1S/C13H22N4O5S2/c1-3-4-7-22-12-10(17(18)19)11(14-13(15-12)23-2)16-5-8-24(20,21)9-6-16/h20-21H,3-9H2,1-2H3. The molecule has 11 heteroatoms. The van der Waals surface area contributed by atoms with Gasteiger partial charge in [-0.3, -0.25) is 19.2 Å². The molecule has 0 saturated carbocycles. The van der Waals surface area contributed by atoms with E-state index in [2.05, 4.69) is 9.97 Å². The van der Waals surface area contributed by atoms with Gasteiger partial charge in [0.15, 0.2) is 5.16 Å². The van der Waals surface area contributed by atoms with Crippen molar-refractivity contribution < 1.29 is 18.8 Å². The van der Waals surface area contributed by atoms with Crippen molar-refractivity contribution in [3.05, 3.63) is 10.1 Å². The predicted molar refractivity (Wildman–Crippen MR) is 95.7 cm³/mol. The lowest BCUT2D eigenvalue weighted by atomic mass is 10.3. The summed E-state index contributed by atoms with van der Waals surface area (Å²) < 4.78 is 25.0. The number of ether oxygens (including phenoxy) is 1. The fraction of sp³-hybridized carbons (Fsp3) is 0.692. The molecule has 0 bridgehead atoms. The van der Waals surface area contributed by atoms with Gasteiger partial charge in [-0.15, -0.1) is 0 Å². The number of hydrogen-bond donors (Lipinski definition) is 2. The number of unbranched alkanes of at least 4 members (excludes halogenated alkanes) is 1. The minimum atomic E-state index is -2.59. The van der Waals surface area contributed by atoms with Gasteiger partial charge in [0, 0.05) is 13.1 Å². The molecule has 2 rings (SSSR count). The number of nitrogens with zero attached hydrogens (tertiary/aromatic N) is 4. The summed E-state index contributed by atoms with van der Waals surface area (Å²) in [5, 5.41) is 12.0. The summed E-state index contributed by atoms with van der Waals surface area (Å²) in [6, 6.07) is 0. The van der Waals surface area contributed by atoms with Gasteiger partial charge in [0.1, 0.15) is 0 Å². The lowest BCUT2D eigenvalue weighted by Crippen LogP contribution is -2.39. The van der Waals surface area contributed by atoms with Crippen LogP contribution in [0.2, 0.25) is 0 Å². The van der Waals surface area contributed by atoms with Gasteiger partial charge >= 0.3 is 11.6 Å². The first-order valence-corrected chi connectivity index (χ1v) is 10.7. The van der Waals surface area contributed by atoms with Gasteiger partial charge < -0.3 is 9.64 Å². The molecular weight excluding hydrogens is 356 g/mol. The Hall–Kier alpha value is -1.30. The second-order valence-corrected chi connectivity index (χ2v) is 8.54. The van der Waals surface area contributed by atoms with Crippen LogP contribution in [0.25, 0.3) is 0 Å². The van der Waals surface area contributed by atoms with Gasteiger partial charge in [-0.1, -0.05) is 25.1 Å². The van der Waals surface area contributed by atoms with Crippen molar-refractivity contribution in [2.45, 2.75) is 24.9 Å². The first kappa shape index (κ1) is 19.0. The van der Waals surface area contributed by atoms with Gasteiger partial charge in [0.25, 0.3) is 0 Å². The molecule has 0 spiro atoms. The van der Waals surface area contributed by atoms with Crippen molar-refractivity contribution >= 4 is 33.9 Å². The largest absolute Gasteiger partial charge is 0.473 e. The molecule has 0 aromatic carbocycles. The Morgan fingerprint density at radius 2 is 2.04 bits per heavy atom. The van der Waals surface area contributed by atoms with Crippen molar-refractivity contribution in [2.75, 3.05) is 42.4 Å². The van der Waals surface area contributed by atoms with Gasteiger partial charge in [0.05, 0.1) is 23.0 Å². The van der Waals surface area contributed by atoms with Crippen LogP contribution in [0.5, 0.6) is 5.88 Å². The highest BCUT2D eigenvalue weighted by Gasteiger charge is 2.33. The highest BCUT2D eigenvalue weighted by atomic mass is 32.3. The van der Waals surface area contributed by atoms with Crippen LogP contribution in [-0.2, 0) is 0 Å². The number of rotatable bonds is 7. The van der Waals surface area contributed by atoms with E-state index < -0.39 is 15.5 Å². The zero-order chi connectivity index (χ0) is 17.7. The fourth-order valence-electron chi connectivity index (χ4n) is 2.23. The minimum Gasteiger partial charge on any atom is -0.473 e. The molecule has 1 aromatic rings. The molecule has 1 aliphatic heterocycles. The summed E-state index contributed by atoms with van der Waals surface area (Å²) >= 11 is 1.28. The van der Waals surface area contributed by atoms with Gasteiger partial charge in [0.2, 0.25) is 5.82 Å². The summed E-state index contributed by atoms with van der Waals surface area (Å²) in [5.74, 6) is 0.504. The molecule has 0 atom stereocenters. The quantitative estimate of drug-likeness (QED) is 0.242. The Kier molecular flexibility index (Phi) is 6.49. The average molecular weight is 378 g/mol. The summed E-state index contributed by atoms with van der Waals surface area (Å²) in [6.07, 6.45) is 3.47. The highest BCUT2D eigenvalue weighted by Crippen LogP contribution is 2.43. The summed E-state index contributed by atoms with van der Waals surface area (Å²) in [4.78, 5) is 21.1. The van der Waals surface area contributed by atoms with E-state index in [0.29, 0.717) is 24.9 Å². The Balaban J connectivity index is 2.37. The van der Waals surface area contributed by atoms with Crippen molar-refractivity contribution in [3.63, 3.8) is 0 Å². The van der Waals surface area contributed by atoms with Crippen molar-refractivity contribution in [1.82, 2.24) is 9.97 Å². The van der Waals surface area contributed by atoms with E-state index in [-0.39, 0.29) is 28.9 Å². The van der Waals surface area contributed by atoms with Crippen molar-refractivity contribution in [1.29, 1.82) is 0 Å². The summed E-state index contributed by atoms with van der Waals surface area (Å²) in [5.41, 5.74) is -0.262. The normalized spacial score (nSPS) is 18.2. The summed E-state index contributed by atoms with van der Waals surface area (Å²) in [6.45, 7) is 2.94. The van der Waals surface area contributed by atoms with E-state index in [0.717, 1.165) is 12.8 Å². The maximum absolute atomic E-state index is 11.6. The van der Waals surface area contributed by atoms with Crippen LogP contribution in [0, 0.1) is 10.1 Å². The molecular formula is C13H22N4O5S2. The minimum absolute atomic E-state index is 0.0278. The van der Waals surface area contributed by atoms with Crippen molar-refractivity contribution in [3.8, 4) is 5.88 Å². The fourth-order valence-corrected chi connectivity index (χ4v) is 3.81. The van der Waals surface area contributed by atoms with E-state index in [4.69, 9.17) is 4.74 Å². The average Bonchev–Trinajstić information content (AvgIpc) is 2.54. The lowest BCUT2D eigenvalue weighted by molar-refractivity contribution is -0.385. The SMILES string of the molecule is CCCCOc1nc(SC)nc(N2CCS(O)(O)CC2)c1[N+](=O)[O-]. The van der Waals surface area contributed by atoms with E-state index in [1.165, 1.54) is 11.8 Å². The second kappa shape index (κ2) is 8.19. The molecule has 136 valence electrons. The van der Waals surface area contributed by atoms with E-state index >= 15 is 0 Å². The van der Waals surface area contributed by atoms with Gasteiger partial charge in [-0.05, 0) is 12.7 Å². The number of anilines is 1. The topological polar surface area (TPSA) is 122 Å². The van der Waals surface area contributed by atoms with Gasteiger partial charge in [-0.25, -0.2) is 0 Å². The molecule has 1 saturated heterocycles. The van der Waals surface area contributed by atoms with Gasteiger partial charge in [-0.2, -0.15) is 20.6 Å². The lowest BCUT2D eigenvalue weighted by Gasteiger charge is -2.41. The third kappa shape index (κ3) is 4.62. The van der Waals surface area contributed by atoms with Crippen LogP contribution in [0.4, 0.5) is 11.5 Å². The third-order valence-corrected chi connectivity index (χ3v) is 5.81. The first-order valence-electron chi connectivity index (χ1n) is 7.59. The number of thioether (sulfide) groups is 1. The van der Waals surface area contributed by atoms with E-state index in [1.807, 2.05) is 6.92 Å². The molecule has 1 aliphatic rings. The number of aromatic nitrogens is 2. The van der Waals surface area contributed by atoms with Crippen molar-refractivity contribution in [2.24, 2.45) is 0 Å². The smallest absolute Gasteiger partial charge is 0.373 e. The molecule has 1 aromatic heterocycles. The molecule has 1 fully saturated rings. The molecule has 24 heavy (non-hydrogen) atoms. The van der Waals surface area contributed by atoms with E-state index in [9.17, 15) is 19.2 Å². The molecule has 0 amide bonds. The van der Waals surface area contributed by atoms with Crippen LogP contribution >= 0.6 is 22.4 Å². The van der Waals surface area contributed by atoms with Crippen LogP contribution in [0.3, 0.4) is 0 Å². The molecule has 9 nitrogen and oxygen atoms in total. The summed E-state index contributed by atoms with van der Waals surface area (Å²) in [7, 11) is -2.59. The zero-order valence-corrected chi connectivity index (χ0v) is 15.3. The number of nitro groups is 1. The van der Waals surface area contributed by atoms with Crippen LogP contribution in [-0.4, -0.2) is 61.5 Å². The first-order chi connectivity index (χ1) is 11.4. The maximum Gasteiger partial charge on any atom is 0.373 e. The molecule has 0 aliphatic carbocycles. The van der Waals surface area contributed by atoms with E-state index in [1.54, 1.807) is 11.2 Å². The molecule has 2 heterocycles. The Labute approximate surface area is 146 Å². The van der Waals surface area contributed by atoms with Crippen LogP contribution in [0.1, 0.15) is 19.8 Å². The monoisotopic (exact) mass is 378 g/mol. The zero-order valence-electron chi connectivity index (χ0n) is 13.7.